The summed E-state index contributed by atoms with van der Waals surface area (Å²) in [5.74, 6) is 1.52. The van der Waals surface area contributed by atoms with Crippen LogP contribution in [0.4, 0.5) is 0 Å². The standard InChI is InChI=1S/C24H35BO5.ClH/c1-22(2,3)28-21(26)17-10-8-9-15(20(17)27-7)11-12-25-29-19-14-16-13-18(23(16,4)5)24(19,6)30-25;/h8-10,16,18-19H,11-14H2,1-7H3;1H/t16?,18?,19?,24-;/m0./s1. The van der Waals surface area contributed by atoms with E-state index in [4.69, 9.17) is 18.8 Å². The maximum atomic E-state index is 12.6. The third kappa shape index (κ3) is 4.23. The number of halogens is 1. The number of para-hydroxylation sites is 1. The van der Waals surface area contributed by atoms with Crippen molar-refractivity contribution in [2.45, 2.75) is 84.4 Å². The lowest BCUT2D eigenvalue weighted by Crippen LogP contribution is -2.65. The van der Waals surface area contributed by atoms with Crippen molar-refractivity contribution >= 4 is 25.5 Å². The summed E-state index contributed by atoms with van der Waals surface area (Å²) in [4.78, 5) is 12.6. The molecular weight excluding hydrogens is 415 g/mol. The summed E-state index contributed by atoms with van der Waals surface area (Å²) in [6.45, 7) is 12.6. The zero-order chi connectivity index (χ0) is 21.9. The highest BCUT2D eigenvalue weighted by Crippen LogP contribution is 2.65. The molecule has 1 aromatic carbocycles. The molecule has 172 valence electrons. The molecule has 3 aliphatic carbocycles. The molecule has 0 spiro atoms. The quantitative estimate of drug-likeness (QED) is 0.447. The summed E-state index contributed by atoms with van der Waals surface area (Å²) in [5.41, 5.74) is 1.03. The van der Waals surface area contributed by atoms with Crippen molar-refractivity contribution in [2.75, 3.05) is 7.11 Å². The van der Waals surface area contributed by atoms with Crippen LogP contribution in [0, 0.1) is 17.3 Å². The average Bonchev–Trinajstić information content (AvgIpc) is 3.00. The number of carbonyl (C=O) groups is 1. The summed E-state index contributed by atoms with van der Waals surface area (Å²) in [6.07, 6.45) is 3.98. The Bertz CT molecular complexity index is 836. The fourth-order valence-electron chi connectivity index (χ4n) is 5.87. The van der Waals surface area contributed by atoms with Crippen LogP contribution in [-0.4, -0.2) is 37.5 Å². The monoisotopic (exact) mass is 450 g/mol. The Kier molecular flexibility index (Phi) is 6.52. The van der Waals surface area contributed by atoms with E-state index in [0.717, 1.165) is 24.2 Å². The van der Waals surface area contributed by atoms with Gasteiger partial charge in [0.2, 0.25) is 0 Å². The Labute approximate surface area is 193 Å². The largest absolute Gasteiger partial charge is 0.496 e. The average molecular weight is 451 g/mol. The highest BCUT2D eigenvalue weighted by molar-refractivity contribution is 6.45. The Hall–Kier alpha value is -1.24. The minimum absolute atomic E-state index is 0. The number of rotatable bonds is 5. The maximum Gasteiger partial charge on any atom is 0.457 e. The van der Waals surface area contributed by atoms with Gasteiger partial charge in [-0.3, -0.25) is 0 Å². The van der Waals surface area contributed by atoms with Crippen molar-refractivity contribution in [3.63, 3.8) is 0 Å². The topological polar surface area (TPSA) is 54.0 Å². The lowest BCUT2D eigenvalue weighted by molar-refractivity contribution is -0.199. The van der Waals surface area contributed by atoms with Gasteiger partial charge in [-0.2, -0.15) is 0 Å². The zero-order valence-electron chi connectivity index (χ0n) is 19.8. The lowest BCUT2D eigenvalue weighted by Gasteiger charge is -2.64. The van der Waals surface area contributed by atoms with Crippen LogP contribution in [0.15, 0.2) is 18.2 Å². The molecule has 31 heavy (non-hydrogen) atoms. The van der Waals surface area contributed by atoms with Crippen LogP contribution in [0.2, 0.25) is 6.32 Å². The number of carbonyl (C=O) groups excluding carboxylic acids is 1. The van der Waals surface area contributed by atoms with Crippen LogP contribution >= 0.6 is 12.4 Å². The highest BCUT2D eigenvalue weighted by atomic mass is 35.5. The van der Waals surface area contributed by atoms with Gasteiger partial charge in [0.25, 0.3) is 0 Å². The van der Waals surface area contributed by atoms with E-state index >= 15 is 0 Å². The lowest BCUT2D eigenvalue weighted by atomic mass is 9.43. The van der Waals surface area contributed by atoms with Gasteiger partial charge >= 0.3 is 13.1 Å². The molecule has 0 aromatic heterocycles. The van der Waals surface area contributed by atoms with E-state index in [1.54, 1.807) is 13.2 Å². The Morgan fingerprint density at radius 1 is 1.23 bits per heavy atom. The fraction of sp³-hybridized carbons (Fsp3) is 0.708. The molecule has 3 unspecified atom stereocenters. The van der Waals surface area contributed by atoms with E-state index in [9.17, 15) is 4.79 Å². The summed E-state index contributed by atoms with van der Waals surface area (Å²) in [7, 11) is 1.38. The minimum atomic E-state index is -0.552. The number of methoxy groups -OCH3 is 1. The molecule has 7 heteroatoms. The summed E-state index contributed by atoms with van der Waals surface area (Å²) in [5, 5.41) is 0. The number of hydrogen-bond donors (Lipinski definition) is 0. The molecule has 4 aliphatic rings. The predicted molar refractivity (Wildman–Crippen MR) is 124 cm³/mol. The van der Waals surface area contributed by atoms with Gasteiger partial charge in [-0.05, 0) is 82.2 Å². The Morgan fingerprint density at radius 2 is 1.94 bits per heavy atom. The van der Waals surface area contributed by atoms with Crippen molar-refractivity contribution in [3.05, 3.63) is 29.3 Å². The van der Waals surface area contributed by atoms with Crippen LogP contribution < -0.4 is 4.74 Å². The molecule has 1 aromatic rings. The van der Waals surface area contributed by atoms with E-state index in [1.165, 1.54) is 6.42 Å². The van der Waals surface area contributed by atoms with Crippen molar-refractivity contribution in [3.8, 4) is 5.75 Å². The molecule has 0 amide bonds. The van der Waals surface area contributed by atoms with Gasteiger partial charge in [0.1, 0.15) is 16.9 Å². The second kappa shape index (κ2) is 8.28. The van der Waals surface area contributed by atoms with Gasteiger partial charge in [-0.15, -0.1) is 12.4 Å². The maximum absolute atomic E-state index is 12.6. The van der Waals surface area contributed by atoms with E-state index in [0.29, 0.717) is 29.1 Å². The molecule has 1 saturated heterocycles. The summed E-state index contributed by atoms with van der Waals surface area (Å²) < 4.78 is 24.0. The molecule has 5 rings (SSSR count). The number of aryl methyl sites for hydroxylation is 1. The number of benzene rings is 1. The van der Waals surface area contributed by atoms with E-state index < -0.39 is 5.60 Å². The van der Waals surface area contributed by atoms with Gasteiger partial charge in [-0.1, -0.05) is 26.0 Å². The van der Waals surface area contributed by atoms with E-state index in [1.807, 2.05) is 32.9 Å². The Balaban J connectivity index is 0.00000272. The van der Waals surface area contributed by atoms with Crippen molar-refractivity contribution in [1.82, 2.24) is 0 Å². The van der Waals surface area contributed by atoms with Crippen LogP contribution in [0.3, 0.4) is 0 Å². The first-order chi connectivity index (χ1) is 14.0. The third-order valence-electron chi connectivity index (χ3n) is 7.57. The molecule has 0 radical (unpaired) electrons. The summed E-state index contributed by atoms with van der Waals surface area (Å²) in [6, 6.07) is 5.63. The van der Waals surface area contributed by atoms with Gasteiger partial charge in [0.15, 0.2) is 0 Å². The van der Waals surface area contributed by atoms with Gasteiger partial charge in [0, 0.05) is 0 Å². The highest BCUT2D eigenvalue weighted by Gasteiger charge is 2.67. The van der Waals surface area contributed by atoms with Gasteiger partial charge in [0.05, 0.1) is 18.8 Å². The molecular formula is C24H36BClO5. The zero-order valence-corrected chi connectivity index (χ0v) is 20.6. The molecule has 0 N–H and O–H groups in total. The molecule has 5 nitrogen and oxygen atoms in total. The van der Waals surface area contributed by atoms with Gasteiger partial charge < -0.3 is 18.8 Å². The molecule has 4 fully saturated rings. The van der Waals surface area contributed by atoms with Crippen LogP contribution in [0.25, 0.3) is 0 Å². The fourth-order valence-corrected chi connectivity index (χ4v) is 5.87. The SMILES string of the molecule is COc1c(CCB2OC3CC4CC(C4(C)C)[C@]3(C)O2)cccc1C(=O)OC(C)(C)C.Cl. The van der Waals surface area contributed by atoms with Crippen molar-refractivity contribution in [1.29, 1.82) is 0 Å². The molecule has 1 aliphatic heterocycles. The number of ether oxygens (including phenoxy) is 2. The first kappa shape index (κ1) is 24.4. The number of esters is 1. The molecule has 2 bridgehead atoms. The van der Waals surface area contributed by atoms with E-state index in [-0.39, 0.29) is 37.2 Å². The van der Waals surface area contributed by atoms with Crippen LogP contribution in [0.5, 0.6) is 5.75 Å². The normalized spacial score (nSPS) is 30.7. The van der Waals surface area contributed by atoms with Crippen LogP contribution in [-0.2, 0) is 20.5 Å². The summed E-state index contributed by atoms with van der Waals surface area (Å²) >= 11 is 0. The second-order valence-electron chi connectivity index (χ2n) is 10.9. The molecule has 4 atom stereocenters. The van der Waals surface area contributed by atoms with E-state index in [2.05, 4.69) is 20.8 Å². The van der Waals surface area contributed by atoms with Crippen molar-refractivity contribution < 1.29 is 23.6 Å². The third-order valence-corrected chi connectivity index (χ3v) is 7.57. The minimum Gasteiger partial charge on any atom is -0.496 e. The van der Waals surface area contributed by atoms with Crippen molar-refractivity contribution in [2.24, 2.45) is 17.3 Å². The van der Waals surface area contributed by atoms with Crippen LogP contribution in [0.1, 0.15) is 70.3 Å². The number of hydrogen-bond acceptors (Lipinski definition) is 5. The molecule has 1 heterocycles. The first-order valence-corrected chi connectivity index (χ1v) is 11.2. The van der Waals surface area contributed by atoms with Gasteiger partial charge in [-0.25, -0.2) is 4.79 Å². The Morgan fingerprint density at radius 3 is 2.55 bits per heavy atom. The molecule has 3 saturated carbocycles. The smallest absolute Gasteiger partial charge is 0.457 e. The predicted octanol–water partition coefficient (Wildman–Crippen LogP) is 5.34. The second-order valence-corrected chi connectivity index (χ2v) is 10.9. The first-order valence-electron chi connectivity index (χ1n) is 11.2.